The summed E-state index contributed by atoms with van der Waals surface area (Å²) in [5, 5.41) is 21.1. The fourth-order valence-electron chi connectivity index (χ4n) is 1.96. The second-order valence-electron chi connectivity index (χ2n) is 4.86. The molecule has 1 aromatic rings. The van der Waals surface area contributed by atoms with Crippen LogP contribution in [0, 0.1) is 11.3 Å². The second-order valence-corrected chi connectivity index (χ2v) is 4.86. The molecule has 0 aliphatic heterocycles. The van der Waals surface area contributed by atoms with Crippen molar-refractivity contribution in [2.75, 3.05) is 18.0 Å². The summed E-state index contributed by atoms with van der Waals surface area (Å²) in [7, 11) is 0. The first-order valence-corrected chi connectivity index (χ1v) is 6.70. The van der Waals surface area contributed by atoms with E-state index < -0.39 is 0 Å². The van der Waals surface area contributed by atoms with Crippen LogP contribution in [0.25, 0.3) is 0 Å². The Hall–Kier alpha value is -2.06. The van der Waals surface area contributed by atoms with Crippen LogP contribution < -0.4 is 10.2 Å². The molecule has 1 rings (SSSR count). The van der Waals surface area contributed by atoms with Gasteiger partial charge in [-0.2, -0.15) is 5.26 Å². The van der Waals surface area contributed by atoms with Crippen LogP contribution in [0.4, 0.5) is 5.69 Å². The Kier molecular flexibility index (Phi) is 6.01. The molecule has 0 unspecified atom stereocenters. The van der Waals surface area contributed by atoms with Crippen molar-refractivity contribution in [1.82, 2.24) is 5.32 Å². The van der Waals surface area contributed by atoms with E-state index in [1.807, 2.05) is 25.7 Å². The van der Waals surface area contributed by atoms with Crippen molar-refractivity contribution >= 4 is 11.6 Å². The summed E-state index contributed by atoms with van der Waals surface area (Å²) in [5.41, 5.74) is 1.87. The molecule has 2 N–H and O–H groups in total. The normalized spacial score (nSPS) is 10.2. The van der Waals surface area contributed by atoms with Crippen molar-refractivity contribution in [3.05, 3.63) is 29.3 Å². The molecule has 0 spiro atoms. The molecular formula is C15H21N3O2. The fraction of sp³-hybridized carbons (Fsp3) is 0.467. The summed E-state index contributed by atoms with van der Waals surface area (Å²) in [4.78, 5) is 13.7. The number of likely N-dealkylation sites (N-methyl/N-ethyl adjacent to an activating group) is 1. The lowest BCUT2D eigenvalue weighted by Gasteiger charge is -2.24. The topological polar surface area (TPSA) is 76.4 Å². The van der Waals surface area contributed by atoms with Gasteiger partial charge in [-0.25, -0.2) is 0 Å². The summed E-state index contributed by atoms with van der Waals surface area (Å²) in [5.74, 6) is -0.0722. The Morgan fingerprint density at radius 2 is 2.20 bits per heavy atom. The van der Waals surface area contributed by atoms with Crippen LogP contribution in [0.15, 0.2) is 18.2 Å². The van der Waals surface area contributed by atoms with Crippen LogP contribution in [0.1, 0.15) is 31.9 Å². The zero-order chi connectivity index (χ0) is 15.1. The maximum atomic E-state index is 11.8. The molecule has 0 atom stereocenters. The molecule has 108 valence electrons. The highest BCUT2D eigenvalue weighted by atomic mass is 16.3. The Labute approximate surface area is 119 Å². The van der Waals surface area contributed by atoms with E-state index in [0.717, 1.165) is 0 Å². The molecule has 0 bridgehead atoms. The molecule has 0 radical (unpaired) electrons. The molecule has 0 fully saturated rings. The van der Waals surface area contributed by atoms with Crippen molar-refractivity contribution in [3.8, 4) is 6.07 Å². The number of nitrogens with one attached hydrogen (secondary N) is 1. The number of nitriles is 1. The smallest absolute Gasteiger partial charge is 0.239 e. The van der Waals surface area contributed by atoms with Crippen LogP contribution in [-0.4, -0.2) is 30.1 Å². The lowest BCUT2D eigenvalue weighted by Crippen LogP contribution is -2.40. The van der Waals surface area contributed by atoms with E-state index in [-0.39, 0.29) is 25.1 Å². The highest BCUT2D eigenvalue weighted by Gasteiger charge is 2.14. The number of carbonyl (C=O) groups is 1. The first-order chi connectivity index (χ1) is 9.51. The molecule has 0 aliphatic carbocycles. The maximum absolute atomic E-state index is 11.8. The molecule has 0 saturated heterocycles. The van der Waals surface area contributed by atoms with Gasteiger partial charge in [0.25, 0.3) is 0 Å². The highest BCUT2D eigenvalue weighted by molar-refractivity contribution is 5.82. The first kappa shape index (κ1) is 16.0. The maximum Gasteiger partial charge on any atom is 0.239 e. The van der Waals surface area contributed by atoms with Gasteiger partial charge in [-0.3, -0.25) is 4.79 Å². The Bertz CT molecular complexity index is 506. The van der Waals surface area contributed by atoms with Gasteiger partial charge in [0.15, 0.2) is 0 Å². The molecule has 0 saturated carbocycles. The fourth-order valence-corrected chi connectivity index (χ4v) is 1.96. The monoisotopic (exact) mass is 275 g/mol. The lowest BCUT2D eigenvalue weighted by molar-refractivity contribution is -0.120. The number of rotatable bonds is 6. The molecule has 0 heterocycles. The molecule has 1 amide bonds. The SMILES string of the molecule is CCN(CC(=O)NC(C)C)c1ccc(CO)cc1C#N. The summed E-state index contributed by atoms with van der Waals surface area (Å²) in [6.45, 7) is 6.48. The molecule has 0 aromatic heterocycles. The van der Waals surface area contributed by atoms with Crippen LogP contribution in [-0.2, 0) is 11.4 Å². The zero-order valence-corrected chi connectivity index (χ0v) is 12.2. The molecule has 20 heavy (non-hydrogen) atoms. The number of benzene rings is 1. The van der Waals surface area contributed by atoms with Crippen LogP contribution in [0.3, 0.4) is 0 Å². The van der Waals surface area contributed by atoms with Gasteiger partial charge in [-0.15, -0.1) is 0 Å². The van der Waals surface area contributed by atoms with Gasteiger partial charge in [0.1, 0.15) is 6.07 Å². The largest absolute Gasteiger partial charge is 0.392 e. The molecule has 1 aromatic carbocycles. The molecular weight excluding hydrogens is 254 g/mol. The second kappa shape index (κ2) is 7.51. The average molecular weight is 275 g/mol. The van der Waals surface area contributed by atoms with Crippen molar-refractivity contribution in [2.45, 2.75) is 33.4 Å². The van der Waals surface area contributed by atoms with Crippen LogP contribution in [0.5, 0.6) is 0 Å². The predicted molar refractivity (Wildman–Crippen MR) is 78.2 cm³/mol. The number of hydrogen-bond donors (Lipinski definition) is 2. The number of carbonyl (C=O) groups excluding carboxylic acids is 1. The average Bonchev–Trinajstić information content (AvgIpc) is 2.43. The summed E-state index contributed by atoms with van der Waals surface area (Å²) in [6.07, 6.45) is 0. The minimum Gasteiger partial charge on any atom is -0.392 e. The van der Waals surface area contributed by atoms with Gasteiger partial charge < -0.3 is 15.3 Å². The van der Waals surface area contributed by atoms with E-state index in [1.165, 1.54) is 0 Å². The number of amides is 1. The highest BCUT2D eigenvalue weighted by Crippen LogP contribution is 2.21. The Balaban J connectivity index is 2.95. The molecule has 0 aliphatic rings. The summed E-state index contributed by atoms with van der Waals surface area (Å²) < 4.78 is 0. The van der Waals surface area contributed by atoms with Gasteiger partial charge in [-0.1, -0.05) is 6.07 Å². The van der Waals surface area contributed by atoms with Crippen molar-refractivity contribution < 1.29 is 9.90 Å². The number of aliphatic hydroxyl groups excluding tert-OH is 1. The molecule has 5 nitrogen and oxygen atoms in total. The van der Waals surface area contributed by atoms with E-state index >= 15 is 0 Å². The third-order valence-corrected chi connectivity index (χ3v) is 2.87. The summed E-state index contributed by atoms with van der Waals surface area (Å²) in [6, 6.07) is 7.39. The number of hydrogen-bond acceptors (Lipinski definition) is 4. The van der Waals surface area contributed by atoms with E-state index in [1.54, 1.807) is 18.2 Å². The Morgan fingerprint density at radius 1 is 1.50 bits per heavy atom. The molecule has 5 heteroatoms. The van der Waals surface area contributed by atoms with E-state index in [2.05, 4.69) is 11.4 Å². The third-order valence-electron chi connectivity index (χ3n) is 2.87. The minimum absolute atomic E-state index is 0.0722. The number of aliphatic hydroxyl groups is 1. The van der Waals surface area contributed by atoms with E-state index in [0.29, 0.717) is 23.4 Å². The minimum atomic E-state index is -0.102. The van der Waals surface area contributed by atoms with E-state index in [4.69, 9.17) is 5.11 Å². The van der Waals surface area contributed by atoms with Crippen LogP contribution >= 0.6 is 0 Å². The third kappa shape index (κ3) is 4.25. The van der Waals surface area contributed by atoms with Gasteiger partial charge in [0.2, 0.25) is 5.91 Å². The lowest BCUT2D eigenvalue weighted by atomic mass is 10.1. The summed E-state index contributed by atoms with van der Waals surface area (Å²) >= 11 is 0. The number of nitrogens with zero attached hydrogens (tertiary/aromatic N) is 2. The van der Waals surface area contributed by atoms with Crippen molar-refractivity contribution in [2.24, 2.45) is 0 Å². The standard InChI is InChI=1S/C15H21N3O2/c1-4-18(9-15(20)17-11(2)3)14-6-5-12(10-19)7-13(14)8-16/h5-7,11,19H,4,9-10H2,1-3H3,(H,17,20). The van der Waals surface area contributed by atoms with Crippen molar-refractivity contribution in [3.63, 3.8) is 0 Å². The predicted octanol–water partition coefficient (Wildman–Crippen LogP) is 1.40. The zero-order valence-electron chi connectivity index (χ0n) is 12.2. The van der Waals surface area contributed by atoms with Gasteiger partial charge in [-0.05, 0) is 38.5 Å². The van der Waals surface area contributed by atoms with Gasteiger partial charge in [0.05, 0.1) is 24.4 Å². The van der Waals surface area contributed by atoms with Crippen LogP contribution in [0.2, 0.25) is 0 Å². The quantitative estimate of drug-likeness (QED) is 0.823. The van der Waals surface area contributed by atoms with Gasteiger partial charge in [0, 0.05) is 12.6 Å². The Morgan fingerprint density at radius 3 is 2.70 bits per heavy atom. The van der Waals surface area contributed by atoms with E-state index in [9.17, 15) is 10.1 Å². The first-order valence-electron chi connectivity index (χ1n) is 6.70. The van der Waals surface area contributed by atoms with Crippen molar-refractivity contribution in [1.29, 1.82) is 5.26 Å². The number of anilines is 1. The van der Waals surface area contributed by atoms with Gasteiger partial charge >= 0.3 is 0 Å².